The van der Waals surface area contributed by atoms with Gasteiger partial charge in [-0.3, -0.25) is 9.59 Å². The summed E-state index contributed by atoms with van der Waals surface area (Å²) in [7, 11) is 0. The maximum Gasteiger partial charge on any atom is 0.231 e. The molecule has 0 bridgehead atoms. The van der Waals surface area contributed by atoms with Crippen molar-refractivity contribution in [2.75, 3.05) is 24.5 Å². The fraction of sp³-hybridized carbons (Fsp3) is 0.407. The molecule has 0 saturated carbocycles. The third kappa shape index (κ3) is 3.75. The van der Waals surface area contributed by atoms with Gasteiger partial charge in [0.05, 0.1) is 11.9 Å². The van der Waals surface area contributed by atoms with Crippen molar-refractivity contribution in [2.45, 2.75) is 52.1 Å². The number of para-hydroxylation sites is 2. The van der Waals surface area contributed by atoms with E-state index in [1.807, 2.05) is 24.4 Å². The zero-order chi connectivity index (χ0) is 22.2. The maximum absolute atomic E-state index is 12.6. The molecule has 2 aliphatic heterocycles. The molecule has 5 rings (SSSR count). The molecular weight excluding hydrogens is 398 g/mol. The molecule has 1 aromatic heterocycles. The van der Waals surface area contributed by atoms with Gasteiger partial charge in [0, 0.05) is 48.5 Å². The van der Waals surface area contributed by atoms with Gasteiger partial charge in [-0.1, -0.05) is 36.4 Å². The summed E-state index contributed by atoms with van der Waals surface area (Å²) in [5.74, 6) is 0.375. The largest absolute Gasteiger partial charge is 0.346 e. The maximum atomic E-state index is 12.6. The number of nitrogens with zero attached hydrogens (tertiary/aromatic N) is 3. The molecule has 1 amide bonds. The molecule has 0 spiro atoms. The van der Waals surface area contributed by atoms with E-state index in [4.69, 9.17) is 0 Å². The topological polar surface area (TPSA) is 45.6 Å². The van der Waals surface area contributed by atoms with Crippen LogP contribution in [0.5, 0.6) is 0 Å². The summed E-state index contributed by atoms with van der Waals surface area (Å²) in [6.45, 7) is 7.77. The molecule has 166 valence electrons. The second-order valence-electron chi connectivity index (χ2n) is 9.26. The number of hydrogen-bond donors (Lipinski definition) is 0. The van der Waals surface area contributed by atoms with E-state index >= 15 is 0 Å². The Morgan fingerprint density at radius 3 is 2.59 bits per heavy atom. The van der Waals surface area contributed by atoms with E-state index in [-0.39, 0.29) is 11.7 Å². The normalized spacial score (nSPS) is 17.3. The number of amides is 1. The van der Waals surface area contributed by atoms with Gasteiger partial charge in [0.1, 0.15) is 0 Å². The first-order valence-electron chi connectivity index (χ1n) is 11.7. The van der Waals surface area contributed by atoms with Crippen LogP contribution in [0.4, 0.5) is 5.69 Å². The fourth-order valence-electron chi connectivity index (χ4n) is 5.55. The number of likely N-dealkylation sites (tertiary alicyclic amines) is 1. The Balaban J connectivity index is 1.19. The predicted octanol–water partition coefficient (Wildman–Crippen LogP) is 4.60. The van der Waals surface area contributed by atoms with E-state index in [0.29, 0.717) is 12.5 Å². The van der Waals surface area contributed by atoms with Gasteiger partial charge in [0.2, 0.25) is 5.91 Å². The number of ketones is 1. The standard InChI is InChI=1S/C27H31N3O2/c1-19-7-5-9-23-24(20(2)31)18-29(27(19)23)14-6-13-28-15-11-22(12-16-28)30-25-10-4-3-8-21(25)17-26(30)32/h3-5,7-10,18,22H,6,11-17H2,1-2H3. The van der Waals surface area contributed by atoms with Crippen LogP contribution in [0.1, 0.15) is 47.7 Å². The number of carbonyl (C=O) groups is 2. The van der Waals surface area contributed by atoms with Gasteiger partial charge in [0.25, 0.3) is 0 Å². The van der Waals surface area contributed by atoms with Crippen molar-refractivity contribution < 1.29 is 9.59 Å². The molecule has 1 fully saturated rings. The number of carbonyl (C=O) groups excluding carboxylic acids is 2. The molecule has 0 unspecified atom stereocenters. The van der Waals surface area contributed by atoms with Crippen molar-refractivity contribution in [3.8, 4) is 0 Å². The lowest BCUT2D eigenvalue weighted by atomic mass is 10.0. The molecule has 5 nitrogen and oxygen atoms in total. The average molecular weight is 430 g/mol. The zero-order valence-electron chi connectivity index (χ0n) is 19.0. The van der Waals surface area contributed by atoms with Gasteiger partial charge in [-0.05, 0) is 56.8 Å². The first kappa shape index (κ1) is 21.0. The number of hydrogen-bond acceptors (Lipinski definition) is 3. The predicted molar refractivity (Wildman–Crippen MR) is 128 cm³/mol. The van der Waals surface area contributed by atoms with Crippen LogP contribution in [0.25, 0.3) is 10.9 Å². The van der Waals surface area contributed by atoms with Crippen molar-refractivity contribution >= 4 is 28.3 Å². The van der Waals surface area contributed by atoms with Crippen molar-refractivity contribution in [3.05, 3.63) is 65.4 Å². The number of benzene rings is 2. The summed E-state index contributed by atoms with van der Waals surface area (Å²) in [6, 6.07) is 14.7. The van der Waals surface area contributed by atoms with Gasteiger partial charge in [-0.2, -0.15) is 0 Å². The second-order valence-corrected chi connectivity index (χ2v) is 9.26. The highest BCUT2D eigenvalue weighted by atomic mass is 16.2. The molecular formula is C27H31N3O2. The van der Waals surface area contributed by atoms with Crippen molar-refractivity contribution in [3.63, 3.8) is 0 Å². The highest BCUT2D eigenvalue weighted by Crippen LogP contribution is 2.33. The Hall–Kier alpha value is -2.92. The quantitative estimate of drug-likeness (QED) is 0.538. The average Bonchev–Trinajstić information content (AvgIpc) is 3.32. The molecule has 3 heterocycles. The van der Waals surface area contributed by atoms with Gasteiger partial charge in [-0.25, -0.2) is 0 Å². The second kappa shape index (κ2) is 8.55. The highest BCUT2D eigenvalue weighted by molar-refractivity contribution is 6.07. The SMILES string of the molecule is CC(=O)c1cn(CCCN2CCC(N3C(=O)Cc4ccccc43)CC2)c2c(C)cccc12. The van der Waals surface area contributed by atoms with Crippen molar-refractivity contribution in [1.29, 1.82) is 0 Å². The summed E-state index contributed by atoms with van der Waals surface area (Å²) in [4.78, 5) is 29.3. The van der Waals surface area contributed by atoms with Crippen LogP contribution in [-0.2, 0) is 17.8 Å². The minimum atomic E-state index is 0.124. The molecule has 2 aromatic carbocycles. The molecule has 0 radical (unpaired) electrons. The lowest BCUT2D eigenvalue weighted by molar-refractivity contribution is -0.118. The molecule has 2 aliphatic rings. The number of fused-ring (bicyclic) bond motifs is 2. The highest BCUT2D eigenvalue weighted by Gasteiger charge is 2.34. The number of aromatic nitrogens is 1. The summed E-state index contributed by atoms with van der Waals surface area (Å²) >= 11 is 0. The minimum absolute atomic E-state index is 0.124. The third-order valence-electron chi connectivity index (χ3n) is 7.14. The fourth-order valence-corrected chi connectivity index (χ4v) is 5.55. The lowest BCUT2D eigenvalue weighted by Crippen LogP contribution is -2.46. The van der Waals surface area contributed by atoms with Gasteiger partial charge < -0.3 is 14.4 Å². The van der Waals surface area contributed by atoms with E-state index in [9.17, 15) is 9.59 Å². The number of piperidine rings is 1. The van der Waals surface area contributed by atoms with Gasteiger partial charge in [0.15, 0.2) is 5.78 Å². The van der Waals surface area contributed by atoms with Crippen molar-refractivity contribution in [2.24, 2.45) is 0 Å². The number of rotatable bonds is 6. The number of anilines is 1. The van der Waals surface area contributed by atoms with E-state index in [0.717, 1.165) is 62.1 Å². The van der Waals surface area contributed by atoms with Gasteiger partial charge >= 0.3 is 0 Å². The van der Waals surface area contributed by atoms with Crippen LogP contribution in [-0.4, -0.2) is 46.8 Å². The van der Waals surface area contributed by atoms with Crippen LogP contribution < -0.4 is 4.90 Å². The molecule has 32 heavy (non-hydrogen) atoms. The van der Waals surface area contributed by atoms with Crippen LogP contribution in [0, 0.1) is 6.92 Å². The van der Waals surface area contributed by atoms with Gasteiger partial charge in [-0.15, -0.1) is 0 Å². The summed E-state index contributed by atoms with van der Waals surface area (Å²) in [5, 5.41) is 1.06. The van der Waals surface area contributed by atoms with Crippen LogP contribution >= 0.6 is 0 Å². The molecule has 0 aliphatic carbocycles. The van der Waals surface area contributed by atoms with Crippen molar-refractivity contribution in [1.82, 2.24) is 9.47 Å². The molecule has 1 saturated heterocycles. The Labute approximate surface area is 189 Å². The Kier molecular flexibility index (Phi) is 5.60. The zero-order valence-corrected chi connectivity index (χ0v) is 19.0. The molecule has 3 aromatic rings. The van der Waals surface area contributed by atoms with Crippen LogP contribution in [0.15, 0.2) is 48.7 Å². The van der Waals surface area contributed by atoms with E-state index < -0.39 is 0 Å². The van der Waals surface area contributed by atoms with Crippen LogP contribution in [0.3, 0.4) is 0 Å². The smallest absolute Gasteiger partial charge is 0.231 e. The van der Waals surface area contributed by atoms with Crippen LogP contribution in [0.2, 0.25) is 0 Å². The number of Topliss-reactive ketones (excluding diaryl/α,β-unsaturated/α-hetero) is 1. The van der Waals surface area contributed by atoms with E-state index in [1.54, 1.807) is 6.92 Å². The summed E-state index contributed by atoms with van der Waals surface area (Å²) < 4.78 is 2.26. The minimum Gasteiger partial charge on any atom is -0.346 e. The van der Waals surface area contributed by atoms with E-state index in [2.05, 4.69) is 45.6 Å². The molecule has 0 atom stereocenters. The third-order valence-corrected chi connectivity index (χ3v) is 7.14. The first-order chi connectivity index (χ1) is 15.5. The summed E-state index contributed by atoms with van der Waals surface area (Å²) in [5.41, 5.74) is 5.50. The first-order valence-corrected chi connectivity index (χ1v) is 11.7. The van der Waals surface area contributed by atoms with E-state index in [1.165, 1.54) is 16.6 Å². The molecule has 5 heteroatoms. The lowest BCUT2D eigenvalue weighted by Gasteiger charge is -2.37. The Morgan fingerprint density at radius 2 is 1.81 bits per heavy atom. The summed E-state index contributed by atoms with van der Waals surface area (Å²) in [6.07, 6.45) is 5.68. The number of aryl methyl sites for hydroxylation is 2. The Morgan fingerprint density at radius 1 is 1.03 bits per heavy atom. The monoisotopic (exact) mass is 429 g/mol. The Bertz CT molecular complexity index is 1170. The molecule has 0 N–H and O–H groups in total.